The van der Waals surface area contributed by atoms with Crippen LogP contribution in [0.15, 0.2) is 328 Å². The van der Waals surface area contributed by atoms with Gasteiger partial charge in [-0.05, 0) is 265 Å². The van der Waals surface area contributed by atoms with E-state index in [1.807, 2.05) is 0 Å². The fraction of sp³-hybridized carbons (Fsp3) is 0.217. The average Bonchev–Trinajstić information content (AvgIpc) is 1.04. The zero-order valence-corrected chi connectivity index (χ0v) is 72.2. The molecule has 592 valence electrons. The molecule has 0 aliphatic carbocycles. The molecule has 2 aliphatic heterocycles. The van der Waals surface area contributed by atoms with Gasteiger partial charge in [0.1, 0.15) is 0 Å². The summed E-state index contributed by atoms with van der Waals surface area (Å²) in [5, 5.41) is 5.24. The third kappa shape index (κ3) is 14.5. The molecule has 0 fully saturated rings. The topological polar surface area (TPSA) is 16.3 Å². The van der Waals surface area contributed by atoms with Gasteiger partial charge in [0.2, 0.25) is 0 Å². The van der Waals surface area contributed by atoms with Crippen molar-refractivity contribution in [1.29, 1.82) is 0 Å². The Balaban J connectivity index is 0.896. The number of nitrogens with zero attached hydrogens (tertiary/aromatic N) is 4. The smallest absolute Gasteiger partial charge is 0.252 e. The maximum absolute atomic E-state index is 2.81. The molecule has 4 heterocycles. The lowest BCUT2D eigenvalue weighted by Gasteiger charge is -2.45. The van der Waals surface area contributed by atoms with Crippen molar-refractivity contribution in [3.8, 4) is 66.8 Å². The van der Waals surface area contributed by atoms with E-state index in [1.165, 1.54) is 200 Å². The Morgan fingerprint density at radius 1 is 0.250 bits per heavy atom. The second-order valence-corrected chi connectivity index (χ2v) is 38.3. The van der Waals surface area contributed by atoms with Crippen molar-refractivity contribution in [2.75, 3.05) is 9.80 Å². The molecule has 0 atom stereocenters. The van der Waals surface area contributed by atoms with Crippen molar-refractivity contribution >= 4 is 89.5 Å². The van der Waals surface area contributed by atoms with E-state index in [2.05, 4.69) is 437 Å². The molecule has 4 nitrogen and oxygen atoms in total. The van der Waals surface area contributed by atoms with Gasteiger partial charge >= 0.3 is 0 Å². The lowest BCUT2D eigenvalue weighted by molar-refractivity contribution is 0.590. The molecular formula is C115H109BN4. The molecule has 0 spiro atoms. The van der Waals surface area contributed by atoms with Crippen molar-refractivity contribution in [3.05, 3.63) is 378 Å². The highest BCUT2D eigenvalue weighted by molar-refractivity contribution is 7.00. The maximum atomic E-state index is 2.81. The quantitative estimate of drug-likeness (QED) is 0.0629. The summed E-state index contributed by atoms with van der Waals surface area (Å²) in [5.74, 6) is 0. The van der Waals surface area contributed by atoms with Gasteiger partial charge in [-0.1, -0.05) is 333 Å². The van der Waals surface area contributed by atoms with E-state index in [1.54, 1.807) is 0 Å². The molecule has 0 bridgehead atoms. The van der Waals surface area contributed by atoms with Crippen LogP contribution < -0.4 is 26.2 Å². The molecule has 0 saturated heterocycles. The fourth-order valence-corrected chi connectivity index (χ4v) is 19.4. The maximum Gasteiger partial charge on any atom is 0.252 e. The van der Waals surface area contributed by atoms with E-state index < -0.39 is 0 Å². The number of hydrogen-bond donors (Lipinski definition) is 0. The van der Waals surface area contributed by atoms with E-state index in [9.17, 15) is 0 Å². The Labute approximate surface area is 711 Å². The van der Waals surface area contributed by atoms with Crippen molar-refractivity contribution in [2.45, 2.75) is 164 Å². The van der Waals surface area contributed by atoms with Gasteiger partial charge in [-0.25, -0.2) is 0 Å². The van der Waals surface area contributed by atoms with Gasteiger partial charge in [0, 0.05) is 92.5 Å². The van der Waals surface area contributed by atoms with Crippen LogP contribution >= 0.6 is 0 Å². The summed E-state index contributed by atoms with van der Waals surface area (Å²) in [7, 11) is 0. The fourth-order valence-electron chi connectivity index (χ4n) is 19.4. The minimum absolute atomic E-state index is 0.0264. The molecule has 2 aromatic heterocycles. The molecule has 120 heavy (non-hydrogen) atoms. The molecule has 5 heteroatoms. The summed E-state index contributed by atoms with van der Waals surface area (Å²) in [5.41, 5.74) is 40.2. The molecule has 15 aromatic carbocycles. The third-order valence-electron chi connectivity index (χ3n) is 26.1. The first kappa shape index (κ1) is 77.5. The summed E-state index contributed by atoms with van der Waals surface area (Å²) in [6.45, 7) is 32.9. The van der Waals surface area contributed by atoms with Crippen molar-refractivity contribution in [2.24, 2.45) is 0 Å². The van der Waals surface area contributed by atoms with E-state index in [0.29, 0.717) is 26.2 Å². The van der Waals surface area contributed by atoms with Crippen molar-refractivity contribution in [1.82, 2.24) is 9.13 Å². The van der Waals surface area contributed by atoms with E-state index in [-0.39, 0.29) is 28.4 Å². The second-order valence-electron chi connectivity index (χ2n) is 38.3. The number of unbranched alkanes of at least 4 members (excludes halogenated alkanes) is 2. The number of hydrogen-bond acceptors (Lipinski definition) is 2. The Morgan fingerprint density at radius 3 is 0.817 bits per heavy atom. The zero-order chi connectivity index (χ0) is 82.5. The summed E-state index contributed by atoms with van der Waals surface area (Å²) in [4.78, 5) is 5.61. The van der Waals surface area contributed by atoms with E-state index >= 15 is 0 Å². The number of aryl methyl sites for hydroxylation is 1. The van der Waals surface area contributed by atoms with Crippen LogP contribution in [0, 0.1) is 0 Å². The number of aromatic nitrogens is 2. The number of benzene rings is 15. The molecule has 0 amide bonds. The summed E-state index contributed by atoms with van der Waals surface area (Å²) < 4.78 is 5.25. The standard InChI is InChI=1S/C115H109BN4/c1-14-15-22-35-76-60-109-111-110(61-76)120(75-100-93(83-44-31-20-32-45-83)66-86(80-38-25-17-26-39-80)67-94(100)84-46-33-21-34-47-84)108-63-78(73-118-105-58-52-89(114(8,9)10)70-97(105)98-71-90(115(11,12)13)53-59-106(98)118)49-55-102(108)116(111)101-54-48-77(72-117-103-56-50-87(112(2,3)4)68-95(103)96-69-88(113(5,6)7)51-57-104(96)117)62-107(101)119(109)74-99-91(81-40-27-18-28-41-81)64-85(79-36-23-16-24-37-79)65-92(99)82-42-29-19-30-43-82/h16-21,23-34,36-71H,14-15,22,35,72-75H2,1-13H3. The van der Waals surface area contributed by atoms with Gasteiger partial charge in [-0.2, -0.15) is 0 Å². The molecular weight excluding hydrogens is 1450 g/mol. The van der Waals surface area contributed by atoms with Gasteiger partial charge in [0.25, 0.3) is 6.71 Å². The van der Waals surface area contributed by atoms with Gasteiger partial charge < -0.3 is 18.9 Å². The number of anilines is 4. The third-order valence-corrected chi connectivity index (χ3v) is 26.1. The first-order chi connectivity index (χ1) is 58.0. The lowest BCUT2D eigenvalue weighted by Crippen LogP contribution is -2.62. The predicted octanol–water partition coefficient (Wildman–Crippen LogP) is 28.7. The minimum atomic E-state index is -0.148. The van der Waals surface area contributed by atoms with Crippen LogP contribution in [0.5, 0.6) is 0 Å². The Kier molecular flexibility index (Phi) is 19.8. The second kappa shape index (κ2) is 30.7. The Hall–Kier alpha value is -12.4. The minimum Gasteiger partial charge on any atom is -0.338 e. The van der Waals surface area contributed by atoms with Crippen LogP contribution in [0.3, 0.4) is 0 Å². The number of fused-ring (bicyclic) bond motifs is 10. The highest BCUT2D eigenvalue weighted by Crippen LogP contribution is 2.49. The normalized spacial score (nSPS) is 12.9. The van der Waals surface area contributed by atoms with E-state index in [4.69, 9.17) is 0 Å². The van der Waals surface area contributed by atoms with Crippen LogP contribution in [-0.2, 0) is 54.3 Å². The Morgan fingerprint density at radius 2 is 0.533 bits per heavy atom. The molecule has 0 saturated carbocycles. The zero-order valence-electron chi connectivity index (χ0n) is 72.2. The summed E-state index contributed by atoms with van der Waals surface area (Å²) in [6, 6.07) is 127. The van der Waals surface area contributed by atoms with Crippen molar-refractivity contribution < 1.29 is 0 Å². The molecule has 0 N–H and O–H groups in total. The highest BCUT2D eigenvalue weighted by atomic mass is 15.2. The summed E-state index contributed by atoms with van der Waals surface area (Å²) >= 11 is 0. The van der Waals surface area contributed by atoms with Gasteiger partial charge in [-0.15, -0.1) is 0 Å². The highest BCUT2D eigenvalue weighted by Gasteiger charge is 2.44. The Bertz CT molecular complexity index is 6080. The van der Waals surface area contributed by atoms with Crippen LogP contribution in [0.2, 0.25) is 0 Å². The van der Waals surface area contributed by atoms with Crippen molar-refractivity contribution in [3.63, 3.8) is 0 Å². The van der Waals surface area contributed by atoms with Crippen LogP contribution in [0.1, 0.15) is 159 Å². The molecule has 17 aromatic rings. The first-order valence-electron chi connectivity index (χ1n) is 43.8. The summed E-state index contributed by atoms with van der Waals surface area (Å²) in [6.07, 6.45) is 4.28. The van der Waals surface area contributed by atoms with Gasteiger partial charge in [0.05, 0.1) is 0 Å². The van der Waals surface area contributed by atoms with Crippen LogP contribution in [0.25, 0.3) is 110 Å². The molecule has 0 unspecified atom stereocenters. The monoisotopic (exact) mass is 1560 g/mol. The molecule has 19 rings (SSSR count). The first-order valence-corrected chi connectivity index (χ1v) is 43.8. The predicted molar refractivity (Wildman–Crippen MR) is 516 cm³/mol. The van der Waals surface area contributed by atoms with Gasteiger partial charge in [0.15, 0.2) is 0 Å². The SMILES string of the molecule is CCCCCc1cc2c3c(c1)N(Cc1c(-c4ccccc4)cc(-c4ccccc4)cc1-c1ccccc1)c1cc(Cn4c5ccc(C(C)(C)C)cc5c5cc(C(C)(C)C)ccc54)ccc1B3c1ccc(Cn3c4ccc(C(C)(C)C)cc4c4cc(C(C)(C)C)ccc43)cc1N2Cc1c(-c2ccccc2)cc(-c2ccccc2)cc1-c1ccccc1. The molecule has 2 aliphatic rings. The largest absolute Gasteiger partial charge is 0.338 e. The van der Waals surface area contributed by atoms with Crippen LogP contribution in [-0.4, -0.2) is 15.8 Å². The number of rotatable bonds is 18. The van der Waals surface area contributed by atoms with E-state index in [0.717, 1.165) is 25.7 Å². The molecule has 0 radical (unpaired) electrons. The van der Waals surface area contributed by atoms with Crippen LogP contribution in [0.4, 0.5) is 22.7 Å². The lowest BCUT2D eigenvalue weighted by atomic mass is 9.33. The average molecular weight is 1560 g/mol. The van der Waals surface area contributed by atoms with Gasteiger partial charge in [-0.3, -0.25) is 0 Å².